The van der Waals surface area contributed by atoms with Gasteiger partial charge in [0.25, 0.3) is 0 Å². The minimum Gasteiger partial charge on any atom is -0.382 e. The average molecular weight is 219 g/mol. The first-order chi connectivity index (χ1) is 6.00. The number of nitrogens with two attached hydrogens (primary N) is 1. The van der Waals surface area contributed by atoms with Gasteiger partial charge in [0.05, 0.1) is 15.7 Å². The van der Waals surface area contributed by atoms with E-state index < -0.39 is 0 Å². The molecule has 0 amide bonds. The predicted molar refractivity (Wildman–Crippen MR) is 57.2 cm³/mol. The molecule has 1 aromatic rings. The third-order valence-corrected chi connectivity index (χ3v) is 2.26. The number of hydrogen-bond acceptors (Lipinski definition) is 2. The molecule has 0 saturated heterocycles. The number of rotatable bonds is 2. The van der Waals surface area contributed by atoms with Crippen LogP contribution in [-0.2, 0) is 6.42 Å². The zero-order valence-corrected chi connectivity index (χ0v) is 9.15. The van der Waals surface area contributed by atoms with Gasteiger partial charge < -0.3 is 5.73 Å². The summed E-state index contributed by atoms with van der Waals surface area (Å²) < 4.78 is 0. The Labute approximate surface area is 88.1 Å². The van der Waals surface area contributed by atoms with Crippen molar-refractivity contribution < 1.29 is 0 Å². The van der Waals surface area contributed by atoms with Crippen LogP contribution >= 0.6 is 23.2 Å². The lowest BCUT2D eigenvalue weighted by molar-refractivity contribution is 0.636. The molecule has 0 radical (unpaired) electrons. The molecule has 72 valence electrons. The Kier molecular flexibility index (Phi) is 3.40. The van der Waals surface area contributed by atoms with Crippen LogP contribution in [0.1, 0.15) is 19.5 Å². The number of nitrogens with zero attached hydrogens (tertiary/aromatic N) is 1. The Morgan fingerprint density at radius 1 is 1.38 bits per heavy atom. The normalized spacial score (nSPS) is 10.8. The molecule has 13 heavy (non-hydrogen) atoms. The molecule has 0 fully saturated rings. The van der Waals surface area contributed by atoms with Crippen LogP contribution in [0.3, 0.4) is 0 Å². The van der Waals surface area contributed by atoms with Crippen LogP contribution in [0.25, 0.3) is 0 Å². The van der Waals surface area contributed by atoms with Crippen LogP contribution in [0.2, 0.25) is 10.0 Å². The standard InChI is InChI=1S/C9H12Cl2N2/c1-5(2)3-8-6(10)4-7(11)9(12)13-8/h4-5H,3H2,1-2H3,(H2,12,13). The lowest BCUT2D eigenvalue weighted by Gasteiger charge is -2.07. The van der Waals surface area contributed by atoms with Crippen LogP contribution in [0, 0.1) is 5.92 Å². The molecule has 0 aliphatic heterocycles. The topological polar surface area (TPSA) is 38.9 Å². The van der Waals surface area contributed by atoms with Gasteiger partial charge in [0.2, 0.25) is 0 Å². The number of halogens is 2. The highest BCUT2D eigenvalue weighted by molar-refractivity contribution is 6.36. The third-order valence-electron chi connectivity index (χ3n) is 1.63. The van der Waals surface area contributed by atoms with E-state index in [4.69, 9.17) is 28.9 Å². The molecule has 0 bridgehead atoms. The van der Waals surface area contributed by atoms with E-state index in [1.165, 1.54) is 0 Å². The summed E-state index contributed by atoms with van der Waals surface area (Å²) in [4.78, 5) is 4.13. The molecular weight excluding hydrogens is 207 g/mol. The lowest BCUT2D eigenvalue weighted by Crippen LogP contribution is -2.01. The van der Waals surface area contributed by atoms with Gasteiger partial charge in [-0.05, 0) is 18.4 Å². The van der Waals surface area contributed by atoms with Gasteiger partial charge in [-0.15, -0.1) is 0 Å². The Morgan fingerprint density at radius 2 is 2.00 bits per heavy atom. The van der Waals surface area contributed by atoms with Gasteiger partial charge >= 0.3 is 0 Å². The molecule has 4 heteroatoms. The van der Waals surface area contributed by atoms with Crippen LogP contribution in [0.5, 0.6) is 0 Å². The van der Waals surface area contributed by atoms with Crippen LogP contribution in [-0.4, -0.2) is 4.98 Å². The average Bonchev–Trinajstić information content (AvgIpc) is 1.99. The summed E-state index contributed by atoms with van der Waals surface area (Å²) in [5.74, 6) is 0.854. The van der Waals surface area contributed by atoms with Gasteiger partial charge in [-0.3, -0.25) is 0 Å². The summed E-state index contributed by atoms with van der Waals surface area (Å²) in [6.07, 6.45) is 0.820. The third kappa shape index (κ3) is 2.75. The van der Waals surface area contributed by atoms with Crippen molar-refractivity contribution in [2.24, 2.45) is 5.92 Å². The summed E-state index contributed by atoms with van der Waals surface area (Å²) in [5, 5.41) is 1.01. The minimum absolute atomic E-state index is 0.349. The number of aromatic nitrogens is 1. The first-order valence-electron chi connectivity index (χ1n) is 4.11. The second-order valence-electron chi connectivity index (χ2n) is 3.38. The first kappa shape index (κ1) is 10.6. The fourth-order valence-corrected chi connectivity index (χ4v) is 1.49. The quantitative estimate of drug-likeness (QED) is 0.829. The zero-order valence-electron chi connectivity index (χ0n) is 7.64. The highest BCUT2D eigenvalue weighted by Gasteiger charge is 2.08. The van der Waals surface area contributed by atoms with Crippen molar-refractivity contribution in [1.82, 2.24) is 4.98 Å². The minimum atomic E-state index is 0.349. The molecular formula is C9H12Cl2N2. The molecule has 2 N–H and O–H groups in total. The number of nitrogen functional groups attached to an aromatic ring is 1. The maximum atomic E-state index is 5.94. The fourth-order valence-electron chi connectivity index (χ4n) is 1.05. The van der Waals surface area contributed by atoms with Crippen molar-refractivity contribution in [1.29, 1.82) is 0 Å². The van der Waals surface area contributed by atoms with Gasteiger partial charge in [0.1, 0.15) is 5.82 Å². The van der Waals surface area contributed by atoms with E-state index in [-0.39, 0.29) is 0 Å². The van der Waals surface area contributed by atoms with Gasteiger partial charge in [-0.1, -0.05) is 37.0 Å². The molecule has 0 atom stereocenters. The Balaban J connectivity index is 3.01. The van der Waals surface area contributed by atoms with Crippen LogP contribution < -0.4 is 5.73 Å². The maximum absolute atomic E-state index is 5.94. The number of hydrogen-bond donors (Lipinski definition) is 1. The molecule has 0 unspecified atom stereocenters. The largest absolute Gasteiger partial charge is 0.382 e. The maximum Gasteiger partial charge on any atom is 0.142 e. The van der Waals surface area contributed by atoms with Gasteiger partial charge in [0.15, 0.2) is 0 Å². The summed E-state index contributed by atoms with van der Waals surface area (Å²) >= 11 is 11.7. The Hall–Kier alpha value is -0.470. The van der Waals surface area contributed by atoms with Crippen LogP contribution in [0.15, 0.2) is 6.07 Å². The van der Waals surface area contributed by atoms with Crippen molar-refractivity contribution in [3.05, 3.63) is 21.8 Å². The number of anilines is 1. The molecule has 0 saturated carbocycles. The second-order valence-corrected chi connectivity index (χ2v) is 4.20. The lowest BCUT2D eigenvalue weighted by atomic mass is 10.1. The van der Waals surface area contributed by atoms with E-state index in [9.17, 15) is 0 Å². The molecule has 1 aromatic heterocycles. The van der Waals surface area contributed by atoms with Crippen molar-refractivity contribution >= 4 is 29.0 Å². The van der Waals surface area contributed by atoms with Gasteiger partial charge in [-0.25, -0.2) is 4.98 Å². The molecule has 0 aliphatic rings. The molecule has 0 aliphatic carbocycles. The second kappa shape index (κ2) is 4.16. The van der Waals surface area contributed by atoms with E-state index in [1.807, 2.05) is 0 Å². The number of pyridine rings is 1. The Bertz CT molecular complexity index is 311. The zero-order chi connectivity index (χ0) is 10.0. The SMILES string of the molecule is CC(C)Cc1nc(N)c(Cl)cc1Cl. The van der Waals surface area contributed by atoms with Crippen molar-refractivity contribution in [2.45, 2.75) is 20.3 Å². The summed E-state index contributed by atoms with van der Waals surface area (Å²) in [6.45, 7) is 4.20. The first-order valence-corrected chi connectivity index (χ1v) is 4.86. The molecule has 1 rings (SSSR count). The van der Waals surface area contributed by atoms with E-state index in [0.717, 1.165) is 12.1 Å². The van der Waals surface area contributed by atoms with Gasteiger partial charge in [-0.2, -0.15) is 0 Å². The van der Waals surface area contributed by atoms with Crippen LogP contribution in [0.4, 0.5) is 5.82 Å². The van der Waals surface area contributed by atoms with E-state index >= 15 is 0 Å². The predicted octanol–water partition coefficient (Wildman–Crippen LogP) is 3.17. The van der Waals surface area contributed by atoms with E-state index in [1.54, 1.807) is 6.07 Å². The monoisotopic (exact) mass is 218 g/mol. The highest BCUT2D eigenvalue weighted by Crippen LogP contribution is 2.25. The molecule has 0 aromatic carbocycles. The van der Waals surface area contributed by atoms with Crippen molar-refractivity contribution in [3.8, 4) is 0 Å². The summed E-state index contributed by atoms with van der Waals surface area (Å²) in [5.41, 5.74) is 6.38. The van der Waals surface area contributed by atoms with E-state index in [0.29, 0.717) is 21.8 Å². The molecule has 0 spiro atoms. The molecule has 2 nitrogen and oxygen atoms in total. The summed E-state index contributed by atoms with van der Waals surface area (Å²) in [6, 6.07) is 1.64. The fraction of sp³-hybridized carbons (Fsp3) is 0.444. The smallest absolute Gasteiger partial charge is 0.142 e. The molecule has 1 heterocycles. The van der Waals surface area contributed by atoms with Gasteiger partial charge in [0, 0.05) is 0 Å². The Morgan fingerprint density at radius 3 is 2.54 bits per heavy atom. The van der Waals surface area contributed by atoms with E-state index in [2.05, 4.69) is 18.8 Å². The van der Waals surface area contributed by atoms with Crippen molar-refractivity contribution in [2.75, 3.05) is 5.73 Å². The highest BCUT2D eigenvalue weighted by atomic mass is 35.5. The summed E-state index contributed by atoms with van der Waals surface area (Å²) in [7, 11) is 0. The van der Waals surface area contributed by atoms with Crippen molar-refractivity contribution in [3.63, 3.8) is 0 Å².